The number of esters is 7. The standard InChI is InChI=1S/C41H61N3O24/c1-23(45)59-21-31-34(61-25(3)47)36(62-26(4)48)39(65-29(7)51)41(67-31)68-35-32(22-60-24(2)46)66-40(38(64-28(6)50)37(35)63-27(5)49)58-12-8-30-20-44(43-42-30)10-13-55-15-17-57-19-18-56-16-14-54-11-9-33(52)53/h20,31-32,34-41H,8-19,21-22H2,1-7H3,(H,52,53)/t31-,32-,34+,35+,36+,37+,38-,39-,40-,41-/m1/s1. The van der Waals surface area contributed by atoms with Crippen LogP contribution in [0.1, 0.15) is 60.6 Å². The molecule has 68 heavy (non-hydrogen) atoms. The summed E-state index contributed by atoms with van der Waals surface area (Å²) in [4.78, 5) is 97.0. The molecule has 27 heteroatoms. The second-order valence-corrected chi connectivity index (χ2v) is 14.8. The summed E-state index contributed by atoms with van der Waals surface area (Å²) in [6, 6.07) is 0. The van der Waals surface area contributed by atoms with Crippen LogP contribution in [0.2, 0.25) is 0 Å². The summed E-state index contributed by atoms with van der Waals surface area (Å²) in [6.45, 7) is 8.76. The molecule has 2 fully saturated rings. The Balaban J connectivity index is 1.74. The summed E-state index contributed by atoms with van der Waals surface area (Å²) in [5.41, 5.74) is 0.485. The van der Waals surface area contributed by atoms with Gasteiger partial charge in [0.1, 0.15) is 31.5 Å². The third kappa shape index (κ3) is 21.3. The highest BCUT2D eigenvalue weighted by Crippen LogP contribution is 2.35. The molecular formula is C41H61N3O24. The average molecular weight is 980 g/mol. The number of aliphatic carboxylic acids is 1. The minimum absolute atomic E-state index is 0.0700. The molecule has 0 unspecified atom stereocenters. The van der Waals surface area contributed by atoms with Gasteiger partial charge in [-0.3, -0.25) is 38.4 Å². The van der Waals surface area contributed by atoms with E-state index < -0.39 is 122 Å². The number of rotatable bonds is 30. The molecule has 2 saturated heterocycles. The summed E-state index contributed by atoms with van der Waals surface area (Å²) >= 11 is 0. The first kappa shape index (κ1) is 56.9. The topological polar surface area (TPSA) is 326 Å². The molecule has 2 aliphatic rings. The van der Waals surface area contributed by atoms with Crippen molar-refractivity contribution in [3.8, 4) is 0 Å². The fourth-order valence-electron chi connectivity index (χ4n) is 6.53. The summed E-state index contributed by atoms with van der Waals surface area (Å²) in [5.74, 6) is -6.95. The first-order chi connectivity index (χ1) is 32.3. The molecule has 3 rings (SSSR count). The third-order valence-electron chi connectivity index (χ3n) is 9.15. The van der Waals surface area contributed by atoms with Crippen LogP contribution in [0.25, 0.3) is 0 Å². The Hall–Kier alpha value is -5.42. The molecule has 0 spiro atoms. The normalized spacial score (nSPS) is 24.5. The van der Waals surface area contributed by atoms with Crippen LogP contribution in [-0.4, -0.2) is 202 Å². The largest absolute Gasteiger partial charge is 0.481 e. The Morgan fingerprint density at radius 1 is 0.529 bits per heavy atom. The molecule has 0 bridgehead atoms. The van der Waals surface area contributed by atoms with Gasteiger partial charge in [0.25, 0.3) is 0 Å². The van der Waals surface area contributed by atoms with Crippen molar-refractivity contribution in [1.29, 1.82) is 0 Å². The molecule has 0 aromatic carbocycles. The zero-order chi connectivity index (χ0) is 50.2. The number of hydrogen-bond donors (Lipinski definition) is 1. The predicted octanol–water partition coefficient (Wildman–Crippen LogP) is -1.00. The van der Waals surface area contributed by atoms with Crippen molar-refractivity contribution < 1.29 is 115 Å². The first-order valence-electron chi connectivity index (χ1n) is 21.5. The highest BCUT2D eigenvalue weighted by Gasteiger charge is 2.57. The lowest BCUT2D eigenvalue weighted by Crippen LogP contribution is -2.67. The van der Waals surface area contributed by atoms with E-state index in [-0.39, 0.29) is 39.3 Å². The Morgan fingerprint density at radius 3 is 1.46 bits per heavy atom. The molecule has 10 atom stereocenters. The van der Waals surface area contributed by atoms with E-state index in [1.54, 1.807) is 10.9 Å². The summed E-state index contributed by atoms with van der Waals surface area (Å²) in [6.07, 6.45) is -14.2. The van der Waals surface area contributed by atoms with Crippen LogP contribution in [0.3, 0.4) is 0 Å². The van der Waals surface area contributed by atoms with Crippen molar-refractivity contribution in [2.45, 2.75) is 129 Å². The van der Waals surface area contributed by atoms with Crippen molar-refractivity contribution in [2.24, 2.45) is 0 Å². The molecule has 1 N–H and O–H groups in total. The van der Waals surface area contributed by atoms with Gasteiger partial charge in [-0.05, 0) is 0 Å². The maximum absolute atomic E-state index is 12.7. The van der Waals surface area contributed by atoms with E-state index in [1.807, 2.05) is 0 Å². The van der Waals surface area contributed by atoms with Crippen LogP contribution >= 0.6 is 0 Å². The number of ether oxygens (including phenoxy) is 15. The number of carbonyl (C=O) groups is 8. The molecule has 0 saturated carbocycles. The van der Waals surface area contributed by atoms with Gasteiger partial charge >= 0.3 is 47.8 Å². The zero-order valence-electron chi connectivity index (χ0n) is 38.9. The minimum Gasteiger partial charge on any atom is -0.481 e. The maximum atomic E-state index is 12.7. The highest BCUT2D eigenvalue weighted by atomic mass is 16.8. The van der Waals surface area contributed by atoms with Crippen LogP contribution < -0.4 is 0 Å². The average Bonchev–Trinajstić information content (AvgIpc) is 3.69. The van der Waals surface area contributed by atoms with E-state index in [2.05, 4.69) is 10.3 Å². The summed E-state index contributed by atoms with van der Waals surface area (Å²) in [7, 11) is 0. The van der Waals surface area contributed by atoms with E-state index in [0.717, 1.165) is 48.5 Å². The van der Waals surface area contributed by atoms with E-state index >= 15 is 0 Å². The van der Waals surface area contributed by atoms with E-state index in [0.29, 0.717) is 45.3 Å². The molecule has 3 heterocycles. The fraction of sp³-hybridized carbons (Fsp3) is 0.756. The predicted molar refractivity (Wildman–Crippen MR) is 218 cm³/mol. The summed E-state index contributed by atoms with van der Waals surface area (Å²) < 4.78 is 86.0. The molecule has 384 valence electrons. The maximum Gasteiger partial charge on any atom is 0.305 e. The second-order valence-electron chi connectivity index (χ2n) is 14.8. The quantitative estimate of drug-likeness (QED) is 0.0549. The van der Waals surface area contributed by atoms with Gasteiger partial charge in [0, 0.05) is 61.1 Å². The Kier molecular flexibility index (Phi) is 25.2. The third-order valence-corrected chi connectivity index (χ3v) is 9.15. The number of nitrogens with zero attached hydrogens (tertiary/aromatic N) is 3. The molecule has 1 aromatic heterocycles. The van der Waals surface area contributed by atoms with Crippen LogP contribution in [0.4, 0.5) is 0 Å². The Bertz CT molecular complexity index is 1790. The lowest BCUT2D eigenvalue weighted by Gasteiger charge is -2.48. The van der Waals surface area contributed by atoms with Crippen molar-refractivity contribution in [2.75, 3.05) is 72.7 Å². The highest BCUT2D eigenvalue weighted by molar-refractivity contribution is 5.69. The number of aromatic nitrogens is 3. The number of carboxylic acids is 1. The molecular weight excluding hydrogens is 918 g/mol. The van der Waals surface area contributed by atoms with Gasteiger partial charge in [-0.1, -0.05) is 5.21 Å². The molecule has 1 aromatic rings. The van der Waals surface area contributed by atoms with E-state index in [4.69, 9.17) is 76.2 Å². The van der Waals surface area contributed by atoms with Gasteiger partial charge in [0.2, 0.25) is 0 Å². The van der Waals surface area contributed by atoms with E-state index in [1.165, 1.54) is 0 Å². The van der Waals surface area contributed by atoms with Gasteiger partial charge in [-0.25, -0.2) is 4.68 Å². The smallest absolute Gasteiger partial charge is 0.305 e. The lowest BCUT2D eigenvalue weighted by molar-refractivity contribution is -0.361. The van der Waals surface area contributed by atoms with E-state index in [9.17, 15) is 38.4 Å². The monoisotopic (exact) mass is 979 g/mol. The molecule has 0 amide bonds. The number of carboxylic acid groups (broad SMARTS) is 1. The fourth-order valence-corrected chi connectivity index (χ4v) is 6.53. The minimum atomic E-state index is -1.83. The van der Waals surface area contributed by atoms with Crippen molar-refractivity contribution >= 4 is 47.8 Å². The Labute approximate surface area is 390 Å². The van der Waals surface area contributed by atoms with Crippen molar-refractivity contribution in [3.05, 3.63) is 11.9 Å². The van der Waals surface area contributed by atoms with Gasteiger partial charge < -0.3 is 76.2 Å². The number of hydrogen-bond acceptors (Lipinski definition) is 25. The molecule has 0 aliphatic carbocycles. The Morgan fingerprint density at radius 2 is 0.956 bits per heavy atom. The van der Waals surface area contributed by atoms with Crippen molar-refractivity contribution in [3.63, 3.8) is 0 Å². The van der Waals surface area contributed by atoms with Crippen LogP contribution in [0, 0.1) is 0 Å². The number of carbonyl (C=O) groups excluding carboxylic acids is 7. The molecule has 0 radical (unpaired) electrons. The molecule has 2 aliphatic heterocycles. The second kappa shape index (κ2) is 30.1. The van der Waals surface area contributed by atoms with Gasteiger partial charge in [-0.15, -0.1) is 5.10 Å². The van der Waals surface area contributed by atoms with Crippen molar-refractivity contribution in [1.82, 2.24) is 15.0 Å². The molecule has 27 nitrogen and oxygen atoms in total. The summed E-state index contributed by atoms with van der Waals surface area (Å²) in [5, 5.41) is 16.8. The van der Waals surface area contributed by atoms with Gasteiger partial charge in [0.15, 0.2) is 43.1 Å². The lowest BCUT2D eigenvalue weighted by atomic mass is 9.96. The SMILES string of the molecule is CC(=O)OC[C@H]1O[C@H](O[C@@H]2[C@H](OC(C)=O)[C@@H](OC(C)=O)[C@H](OCCc3cn(CCOCCOCCOCCOCCC(=O)O)nn3)O[C@@H]2COC(C)=O)[C@H](OC(C)=O)[C@@H](OC(C)=O)[C@H]1OC(C)=O. The first-order valence-corrected chi connectivity index (χ1v) is 21.5. The van der Waals surface area contributed by atoms with Gasteiger partial charge in [0.05, 0.1) is 78.1 Å². The zero-order valence-corrected chi connectivity index (χ0v) is 38.9. The van der Waals surface area contributed by atoms with Gasteiger partial charge in [-0.2, -0.15) is 0 Å². The van der Waals surface area contributed by atoms with Crippen LogP contribution in [0.5, 0.6) is 0 Å². The van der Waals surface area contributed by atoms with Crippen LogP contribution in [0.15, 0.2) is 6.20 Å². The van der Waals surface area contributed by atoms with Crippen LogP contribution in [-0.2, 0) is 122 Å².